The number of carboxylic acids is 1. The predicted molar refractivity (Wildman–Crippen MR) is 75.0 cm³/mol. The summed E-state index contributed by atoms with van der Waals surface area (Å²) in [5, 5.41) is 9.34. The standard InChI is InChI=1S/C15H20N2O3/c1-15(14(19)20)7-4-8-17(15)13(18)9-11-5-2-3-6-12(11)10-16/h2-3,5-6H,4,7-10,16H2,1H3,(H,19,20). The van der Waals surface area contributed by atoms with Gasteiger partial charge in [-0.1, -0.05) is 24.3 Å². The number of benzene rings is 1. The van der Waals surface area contributed by atoms with Crippen LogP contribution in [-0.2, 0) is 22.6 Å². The number of hydrogen-bond acceptors (Lipinski definition) is 3. The van der Waals surface area contributed by atoms with Gasteiger partial charge in [-0.3, -0.25) is 4.79 Å². The van der Waals surface area contributed by atoms with Crippen molar-refractivity contribution < 1.29 is 14.7 Å². The van der Waals surface area contributed by atoms with Gasteiger partial charge >= 0.3 is 5.97 Å². The second kappa shape index (κ2) is 5.63. The highest BCUT2D eigenvalue weighted by molar-refractivity contribution is 5.88. The van der Waals surface area contributed by atoms with Gasteiger partial charge in [0.1, 0.15) is 5.54 Å². The van der Waals surface area contributed by atoms with Gasteiger partial charge in [0.25, 0.3) is 0 Å². The van der Waals surface area contributed by atoms with Crippen molar-refractivity contribution >= 4 is 11.9 Å². The van der Waals surface area contributed by atoms with Gasteiger partial charge in [-0.25, -0.2) is 4.79 Å². The largest absolute Gasteiger partial charge is 0.480 e. The van der Waals surface area contributed by atoms with Gasteiger partial charge < -0.3 is 15.7 Å². The molecule has 0 bridgehead atoms. The van der Waals surface area contributed by atoms with Gasteiger partial charge in [0, 0.05) is 13.1 Å². The van der Waals surface area contributed by atoms with Crippen LogP contribution in [0.1, 0.15) is 30.9 Å². The number of aliphatic carboxylic acids is 1. The van der Waals surface area contributed by atoms with E-state index in [1.807, 2.05) is 24.3 Å². The number of carboxylic acid groups (broad SMARTS) is 1. The Morgan fingerprint density at radius 3 is 2.60 bits per heavy atom. The van der Waals surface area contributed by atoms with Gasteiger partial charge in [-0.05, 0) is 30.9 Å². The second-order valence-electron chi connectivity index (χ2n) is 5.38. The Kier molecular flexibility index (Phi) is 4.09. The molecule has 1 aromatic carbocycles. The summed E-state index contributed by atoms with van der Waals surface area (Å²) < 4.78 is 0. The fourth-order valence-corrected chi connectivity index (χ4v) is 2.77. The molecular formula is C15H20N2O3. The van der Waals surface area contributed by atoms with E-state index in [0.29, 0.717) is 19.5 Å². The summed E-state index contributed by atoms with van der Waals surface area (Å²) in [6.07, 6.45) is 1.44. The van der Waals surface area contributed by atoms with Crippen molar-refractivity contribution in [3.05, 3.63) is 35.4 Å². The highest BCUT2D eigenvalue weighted by atomic mass is 16.4. The molecule has 1 fully saturated rings. The molecule has 1 heterocycles. The minimum Gasteiger partial charge on any atom is -0.480 e. The van der Waals surface area contributed by atoms with E-state index in [2.05, 4.69) is 0 Å². The maximum Gasteiger partial charge on any atom is 0.329 e. The SMILES string of the molecule is CC1(C(=O)O)CCCN1C(=O)Cc1ccccc1CN. The third kappa shape index (κ3) is 2.54. The summed E-state index contributed by atoms with van der Waals surface area (Å²) in [5.41, 5.74) is 6.39. The molecule has 20 heavy (non-hydrogen) atoms. The normalized spacial score (nSPS) is 22.0. The lowest BCUT2D eigenvalue weighted by molar-refractivity contribution is -0.155. The summed E-state index contributed by atoms with van der Waals surface area (Å²) >= 11 is 0. The minimum absolute atomic E-state index is 0.145. The first-order valence-electron chi connectivity index (χ1n) is 6.80. The Hall–Kier alpha value is -1.88. The summed E-state index contributed by atoms with van der Waals surface area (Å²) in [4.78, 5) is 25.3. The lowest BCUT2D eigenvalue weighted by atomic mass is 9.98. The molecule has 1 aliphatic heterocycles. The third-order valence-electron chi connectivity index (χ3n) is 4.08. The molecule has 1 aliphatic rings. The molecule has 1 aromatic rings. The molecule has 0 aliphatic carbocycles. The van der Waals surface area contributed by atoms with Crippen LogP contribution in [-0.4, -0.2) is 34.0 Å². The first-order chi connectivity index (χ1) is 9.49. The maximum atomic E-state index is 12.4. The molecule has 1 unspecified atom stereocenters. The molecule has 0 spiro atoms. The van der Waals surface area contributed by atoms with Crippen molar-refractivity contribution in [3.8, 4) is 0 Å². The number of hydrogen-bond donors (Lipinski definition) is 2. The van der Waals surface area contributed by atoms with Crippen LogP contribution in [0.3, 0.4) is 0 Å². The molecule has 1 atom stereocenters. The van der Waals surface area contributed by atoms with E-state index in [1.54, 1.807) is 6.92 Å². The monoisotopic (exact) mass is 276 g/mol. The fourth-order valence-electron chi connectivity index (χ4n) is 2.77. The van der Waals surface area contributed by atoms with E-state index in [1.165, 1.54) is 4.90 Å². The molecule has 5 heteroatoms. The molecule has 3 N–H and O–H groups in total. The van der Waals surface area contributed by atoms with Crippen molar-refractivity contribution in [1.82, 2.24) is 4.90 Å². The Balaban J connectivity index is 2.18. The molecule has 1 amide bonds. The maximum absolute atomic E-state index is 12.4. The number of nitrogens with zero attached hydrogens (tertiary/aromatic N) is 1. The quantitative estimate of drug-likeness (QED) is 0.864. The fraction of sp³-hybridized carbons (Fsp3) is 0.467. The predicted octanol–water partition coefficient (Wildman–Crippen LogP) is 1.15. The average molecular weight is 276 g/mol. The zero-order valence-corrected chi connectivity index (χ0v) is 11.6. The van der Waals surface area contributed by atoms with Crippen LogP contribution in [0, 0.1) is 0 Å². The van der Waals surface area contributed by atoms with Crippen LogP contribution >= 0.6 is 0 Å². The summed E-state index contributed by atoms with van der Waals surface area (Å²) in [7, 11) is 0. The van der Waals surface area contributed by atoms with Gasteiger partial charge in [-0.2, -0.15) is 0 Å². The van der Waals surface area contributed by atoms with E-state index in [-0.39, 0.29) is 12.3 Å². The average Bonchev–Trinajstić information content (AvgIpc) is 2.83. The number of rotatable bonds is 4. The number of carbonyl (C=O) groups is 2. The Morgan fingerprint density at radius 2 is 2.00 bits per heavy atom. The topological polar surface area (TPSA) is 83.6 Å². The van der Waals surface area contributed by atoms with E-state index in [0.717, 1.165) is 17.5 Å². The van der Waals surface area contributed by atoms with Crippen LogP contribution in [0.2, 0.25) is 0 Å². The molecular weight excluding hydrogens is 256 g/mol. The van der Waals surface area contributed by atoms with E-state index >= 15 is 0 Å². The number of amides is 1. The molecule has 1 saturated heterocycles. The van der Waals surface area contributed by atoms with Crippen LogP contribution in [0.4, 0.5) is 0 Å². The number of likely N-dealkylation sites (tertiary alicyclic amines) is 1. The van der Waals surface area contributed by atoms with Crippen LogP contribution in [0.5, 0.6) is 0 Å². The molecule has 0 aromatic heterocycles. The Bertz CT molecular complexity index is 530. The molecule has 0 saturated carbocycles. The van der Waals surface area contributed by atoms with Crippen LogP contribution < -0.4 is 5.73 Å². The number of carbonyl (C=O) groups excluding carboxylic acids is 1. The highest BCUT2D eigenvalue weighted by Gasteiger charge is 2.45. The lowest BCUT2D eigenvalue weighted by Crippen LogP contribution is -2.51. The Morgan fingerprint density at radius 1 is 1.35 bits per heavy atom. The Labute approximate surface area is 118 Å². The van der Waals surface area contributed by atoms with Crippen molar-refractivity contribution in [3.63, 3.8) is 0 Å². The van der Waals surface area contributed by atoms with Crippen LogP contribution in [0.15, 0.2) is 24.3 Å². The molecule has 2 rings (SSSR count). The molecule has 108 valence electrons. The van der Waals surface area contributed by atoms with E-state index in [4.69, 9.17) is 5.73 Å². The summed E-state index contributed by atoms with van der Waals surface area (Å²) in [6, 6.07) is 7.51. The number of nitrogens with two attached hydrogens (primary N) is 1. The van der Waals surface area contributed by atoms with E-state index < -0.39 is 11.5 Å². The zero-order valence-electron chi connectivity index (χ0n) is 11.6. The van der Waals surface area contributed by atoms with Gasteiger partial charge in [0.05, 0.1) is 6.42 Å². The van der Waals surface area contributed by atoms with Crippen molar-refractivity contribution in [2.24, 2.45) is 5.73 Å². The van der Waals surface area contributed by atoms with Gasteiger partial charge in [0.15, 0.2) is 0 Å². The second-order valence-corrected chi connectivity index (χ2v) is 5.38. The minimum atomic E-state index is -1.07. The summed E-state index contributed by atoms with van der Waals surface area (Å²) in [5.74, 6) is -1.08. The first-order valence-corrected chi connectivity index (χ1v) is 6.80. The van der Waals surface area contributed by atoms with Crippen molar-refractivity contribution in [2.75, 3.05) is 6.54 Å². The highest BCUT2D eigenvalue weighted by Crippen LogP contribution is 2.30. The van der Waals surface area contributed by atoms with Crippen LogP contribution in [0.25, 0.3) is 0 Å². The zero-order chi connectivity index (χ0) is 14.8. The summed E-state index contributed by atoms with van der Waals surface area (Å²) in [6.45, 7) is 2.50. The smallest absolute Gasteiger partial charge is 0.329 e. The lowest BCUT2D eigenvalue weighted by Gasteiger charge is -2.31. The van der Waals surface area contributed by atoms with Gasteiger partial charge in [-0.15, -0.1) is 0 Å². The van der Waals surface area contributed by atoms with Crippen molar-refractivity contribution in [1.29, 1.82) is 0 Å². The molecule has 5 nitrogen and oxygen atoms in total. The third-order valence-corrected chi connectivity index (χ3v) is 4.08. The van der Waals surface area contributed by atoms with Crippen molar-refractivity contribution in [2.45, 2.75) is 38.3 Å². The van der Waals surface area contributed by atoms with Gasteiger partial charge in [0.2, 0.25) is 5.91 Å². The molecule has 0 radical (unpaired) electrons. The van der Waals surface area contributed by atoms with E-state index in [9.17, 15) is 14.7 Å². The first kappa shape index (κ1) is 14.5.